The Bertz CT molecular complexity index is 3360. The van der Waals surface area contributed by atoms with Crippen molar-refractivity contribution in [1.82, 2.24) is 45.1 Å². The standard InChI is InChI=1S/C33H39Cl2N7O4.C14H26N2O2.C13H24N2O2.C10H17NO3.C5H9NO.C3H7N.ClH/c1-6-24(43)16-20-15-23(42-13-11-22(12-14-42)40(2)21-7-8-21)9-10-25(20)38-28-18-29(37-19-36-28)41(3)33(44)39-32-30(34)26(45-4)17-27(46-5)31(32)35;1-14(2,3)18-13(17)16-9-7-12(8-10-16)15(4)11-5-6-11;1-13(2,3)17-12(16)15-8-6-11(7-9-15)14-10-4-5-10;1-10(2,3)14-9(13)11-6-4-8(12)5-7-11;7-5-1-3-6-4-2-5;4-3-1-2-3;/h6,9-10,15,17-19,21-22H,1,7-8,11-14,16H2,2-5H3,(H,39,44)(H,36,37,38);11-12H,5-10H2,1-4H3;10-11,14H,4-9H2,1-3H3;4-7H2,1-3H3;6H,1-4H2;3H,1-2,4H2;1H. The lowest BCUT2D eigenvalue weighted by Crippen LogP contribution is -2.47. The van der Waals surface area contributed by atoms with Gasteiger partial charge in [0.1, 0.15) is 67.9 Å². The summed E-state index contributed by atoms with van der Waals surface area (Å²) in [4.78, 5) is 105. The van der Waals surface area contributed by atoms with Gasteiger partial charge in [0.15, 0.2) is 5.78 Å². The van der Waals surface area contributed by atoms with Crippen molar-refractivity contribution in [2.75, 3.05) is 121 Å². The van der Waals surface area contributed by atoms with Crippen LogP contribution in [-0.2, 0) is 35.0 Å². The van der Waals surface area contributed by atoms with Crippen LogP contribution in [0, 0.1) is 0 Å². The molecule has 26 nitrogen and oxygen atoms in total. The molecular weight excluding hydrogens is 1430 g/mol. The molecule has 0 spiro atoms. The number of nitrogens with one attached hydrogen (secondary N) is 4. The van der Waals surface area contributed by atoms with Crippen molar-refractivity contribution in [2.24, 2.45) is 5.73 Å². The topological polar surface area (TPSA) is 288 Å². The predicted molar refractivity (Wildman–Crippen MR) is 426 cm³/mol. The van der Waals surface area contributed by atoms with Crippen molar-refractivity contribution in [2.45, 2.75) is 243 Å². The molecule has 4 saturated carbocycles. The third kappa shape index (κ3) is 31.3. The number of Topliss-reactive ketones (excluding diaryl/α,β-unsaturated/α-hetero) is 2. The molecular formula is C78H123Cl3N14O12. The van der Waals surface area contributed by atoms with Crippen LogP contribution in [0.25, 0.3) is 0 Å². The minimum atomic E-state index is -0.558. The van der Waals surface area contributed by atoms with Gasteiger partial charge in [-0.2, -0.15) is 0 Å². The van der Waals surface area contributed by atoms with E-state index >= 15 is 0 Å². The number of hydrogen-bond donors (Lipinski definition) is 5. The van der Waals surface area contributed by atoms with Crippen LogP contribution in [0.2, 0.25) is 10.0 Å². The minimum Gasteiger partial charge on any atom is -0.495 e. The molecule has 6 N–H and O–H groups in total. The number of methoxy groups -OCH3 is 2. The monoisotopic (exact) mass is 1550 g/mol. The van der Waals surface area contributed by atoms with Crippen LogP contribution in [0.5, 0.6) is 11.5 Å². The molecule has 9 fully saturated rings. The summed E-state index contributed by atoms with van der Waals surface area (Å²) >= 11 is 12.9. The second-order valence-electron chi connectivity index (χ2n) is 31.9. The SMILES string of the molecule is C=CC(=O)Cc1cc(N2CCC(N(C)C3CC3)CC2)ccc1Nc1cc(N(C)C(=O)Nc2c(Cl)c(OC)cc(OC)c2Cl)ncn1.CC(C)(C)OC(=O)N1CCC(=O)CC1.CC(C)(C)OC(=O)N1CCC(NC2CC2)CC1.CN(C1CC1)C1CCN(C(=O)OC(C)(C)C)CC1.Cl.NC1CC1.O=C1CCNCC1. The number of carbonyl (C=O) groups excluding carboxylic acids is 7. The summed E-state index contributed by atoms with van der Waals surface area (Å²) < 4.78 is 26.6. The first-order chi connectivity index (χ1) is 50.1. The van der Waals surface area contributed by atoms with Crippen molar-refractivity contribution in [3.05, 3.63) is 64.9 Å². The van der Waals surface area contributed by atoms with Crippen molar-refractivity contribution in [1.29, 1.82) is 0 Å². The molecule has 5 saturated heterocycles. The summed E-state index contributed by atoms with van der Waals surface area (Å²) in [5.74, 6) is 1.86. The van der Waals surface area contributed by atoms with Gasteiger partial charge in [0, 0.05) is 170 Å². The fourth-order valence-corrected chi connectivity index (χ4v) is 13.0. The Hall–Kier alpha value is -6.78. The zero-order chi connectivity index (χ0) is 77.6. The van der Waals surface area contributed by atoms with Crippen LogP contribution in [0.1, 0.15) is 183 Å². The zero-order valence-electron chi connectivity index (χ0n) is 66.0. The Balaban J connectivity index is 0.000000239. The second-order valence-corrected chi connectivity index (χ2v) is 32.6. The lowest BCUT2D eigenvalue weighted by Gasteiger charge is -2.38. The number of ether oxygens (including phenoxy) is 5. The molecule has 0 bridgehead atoms. The molecule has 2 aromatic carbocycles. The van der Waals surface area contributed by atoms with Gasteiger partial charge in [-0.1, -0.05) is 29.8 Å². The van der Waals surface area contributed by atoms with Gasteiger partial charge in [-0.05, 0) is 196 Å². The molecule has 5 amide bonds. The highest BCUT2D eigenvalue weighted by atomic mass is 35.5. The number of piperidine rings is 5. The first kappa shape index (κ1) is 89.1. The average Bonchev–Trinajstić information content (AvgIpc) is 1.74. The summed E-state index contributed by atoms with van der Waals surface area (Å²) in [6.07, 6.45) is 21.6. The number of amides is 5. The van der Waals surface area contributed by atoms with Crippen LogP contribution in [0.3, 0.4) is 0 Å². The first-order valence-corrected chi connectivity index (χ1v) is 38.8. The zero-order valence-corrected chi connectivity index (χ0v) is 68.3. The smallest absolute Gasteiger partial charge is 0.410 e. The van der Waals surface area contributed by atoms with Crippen molar-refractivity contribution >= 4 is 106 Å². The van der Waals surface area contributed by atoms with Gasteiger partial charge in [-0.15, -0.1) is 12.4 Å². The molecule has 3 aromatic rings. The van der Waals surface area contributed by atoms with Crippen molar-refractivity contribution < 1.29 is 57.2 Å². The van der Waals surface area contributed by atoms with E-state index in [0.29, 0.717) is 67.5 Å². The van der Waals surface area contributed by atoms with E-state index in [1.165, 1.54) is 89.0 Å². The number of anilines is 5. The minimum absolute atomic E-state index is 0. The molecule has 29 heteroatoms. The van der Waals surface area contributed by atoms with E-state index in [0.717, 1.165) is 139 Å². The molecule has 9 aliphatic rings. The van der Waals surface area contributed by atoms with Gasteiger partial charge in [-0.25, -0.2) is 29.1 Å². The lowest BCUT2D eigenvalue weighted by molar-refractivity contribution is -0.121. The third-order valence-electron chi connectivity index (χ3n) is 19.3. The number of halogens is 3. The van der Waals surface area contributed by atoms with E-state index in [4.69, 9.17) is 52.6 Å². The van der Waals surface area contributed by atoms with Crippen molar-refractivity contribution in [3.8, 4) is 11.5 Å². The molecule has 1 aromatic heterocycles. The molecule has 598 valence electrons. The van der Waals surface area contributed by atoms with Gasteiger partial charge < -0.3 is 80.1 Å². The van der Waals surface area contributed by atoms with Gasteiger partial charge >= 0.3 is 24.3 Å². The maximum absolute atomic E-state index is 13.3. The number of aromatic nitrogens is 2. The highest BCUT2D eigenvalue weighted by Gasteiger charge is 2.37. The summed E-state index contributed by atoms with van der Waals surface area (Å²) in [7, 11) is 8.93. The average molecular weight is 1560 g/mol. The maximum atomic E-state index is 13.3. The molecule has 107 heavy (non-hydrogen) atoms. The fraction of sp³-hybridized carbons (Fsp3) is 0.679. The Morgan fingerprint density at radius 3 is 1.44 bits per heavy atom. The van der Waals surface area contributed by atoms with Crippen molar-refractivity contribution in [3.63, 3.8) is 0 Å². The first-order valence-electron chi connectivity index (χ1n) is 38.0. The van der Waals surface area contributed by atoms with Crippen LogP contribution >= 0.6 is 35.6 Å². The molecule has 5 aliphatic heterocycles. The molecule has 4 aliphatic carbocycles. The van der Waals surface area contributed by atoms with Gasteiger partial charge in [0.25, 0.3) is 0 Å². The van der Waals surface area contributed by atoms with Gasteiger partial charge in [-0.3, -0.25) is 19.3 Å². The summed E-state index contributed by atoms with van der Waals surface area (Å²) in [5, 5.41) is 13.0. The van der Waals surface area contributed by atoms with Crippen LogP contribution in [-0.4, -0.2) is 236 Å². The number of rotatable bonds is 16. The summed E-state index contributed by atoms with van der Waals surface area (Å²) in [5.41, 5.74) is 6.75. The highest BCUT2D eigenvalue weighted by molar-refractivity contribution is 6.41. The third-order valence-corrected chi connectivity index (χ3v) is 20.1. The van der Waals surface area contributed by atoms with Crippen LogP contribution in [0.15, 0.2) is 49.3 Å². The van der Waals surface area contributed by atoms with E-state index in [1.807, 2.05) is 78.2 Å². The number of allylic oxidation sites excluding steroid dienone is 1. The molecule has 12 rings (SSSR count). The number of benzene rings is 2. The number of nitrogens with zero attached hydrogens (tertiary/aromatic N) is 9. The largest absolute Gasteiger partial charge is 0.495 e. The number of carbonyl (C=O) groups is 7. The quantitative estimate of drug-likeness (QED) is 0.0658. The molecule has 6 heterocycles. The Morgan fingerprint density at radius 2 is 1.03 bits per heavy atom. The molecule has 0 atom stereocenters. The second kappa shape index (κ2) is 41.9. The van der Waals surface area contributed by atoms with E-state index < -0.39 is 17.2 Å². The van der Waals surface area contributed by atoms with Crippen LogP contribution < -0.4 is 46.3 Å². The van der Waals surface area contributed by atoms with Crippen LogP contribution in [0.4, 0.5) is 47.9 Å². The molecule has 0 unspecified atom stereocenters. The van der Waals surface area contributed by atoms with E-state index in [9.17, 15) is 33.6 Å². The number of nitrogens with two attached hydrogens (primary N) is 1. The Kier molecular flexibility index (Phi) is 34.9. The van der Waals surface area contributed by atoms with E-state index in [-0.39, 0.29) is 81.5 Å². The normalized spacial score (nSPS) is 18.6. The predicted octanol–water partition coefficient (Wildman–Crippen LogP) is 13.2. The fourth-order valence-electron chi connectivity index (χ4n) is 12.4. The highest BCUT2D eigenvalue weighted by Crippen LogP contribution is 2.44. The Labute approximate surface area is 651 Å². The summed E-state index contributed by atoms with van der Waals surface area (Å²) in [6.45, 7) is 28.6. The maximum Gasteiger partial charge on any atom is 0.410 e. The molecule has 0 radical (unpaired) electrons. The Morgan fingerprint density at radius 1 is 0.598 bits per heavy atom. The van der Waals surface area contributed by atoms with E-state index in [2.05, 4.69) is 78.7 Å². The lowest BCUT2D eigenvalue weighted by atomic mass is 10.0. The number of ketones is 3. The van der Waals surface area contributed by atoms with Gasteiger partial charge in [0.2, 0.25) is 0 Å². The summed E-state index contributed by atoms with van der Waals surface area (Å²) in [6, 6.07) is 13.5. The van der Waals surface area contributed by atoms with E-state index in [1.54, 1.807) is 18.0 Å². The number of urea groups is 1. The number of hydrogen-bond acceptors (Lipinski definition) is 21. The number of likely N-dealkylation sites (tertiary alicyclic amines) is 3. The van der Waals surface area contributed by atoms with Gasteiger partial charge in [0.05, 0.1) is 19.9 Å².